The van der Waals surface area contributed by atoms with Gasteiger partial charge in [0.05, 0.1) is 18.5 Å². The minimum Gasteiger partial charge on any atom is -0.507 e. The van der Waals surface area contributed by atoms with Crippen molar-refractivity contribution >= 4 is 12.1 Å². The lowest BCUT2D eigenvalue weighted by Gasteiger charge is -2.06. The summed E-state index contributed by atoms with van der Waals surface area (Å²) in [7, 11) is 0. The summed E-state index contributed by atoms with van der Waals surface area (Å²) >= 11 is 0. The van der Waals surface area contributed by atoms with Crippen molar-refractivity contribution in [1.82, 2.24) is 15.6 Å². The van der Waals surface area contributed by atoms with E-state index < -0.39 is 5.91 Å². The highest BCUT2D eigenvalue weighted by Gasteiger charge is 2.10. The maximum absolute atomic E-state index is 12.3. The van der Waals surface area contributed by atoms with Gasteiger partial charge >= 0.3 is 0 Å². The average Bonchev–Trinajstić information content (AvgIpc) is 3.31. The number of hydrazone groups is 1. The number of hydrogen-bond acceptors (Lipinski definition) is 5. The first-order chi connectivity index (χ1) is 15.7. The second kappa shape index (κ2) is 12.3. The number of hydrogen-bond donors (Lipinski definition) is 3. The number of ether oxygens (including phenoxy) is 1. The minimum atomic E-state index is -0.422. The third kappa shape index (κ3) is 6.97. The van der Waals surface area contributed by atoms with E-state index in [1.165, 1.54) is 38.3 Å². The molecule has 0 saturated carbocycles. The standard InChI is InChI=1S/C25H30N4O3/c1-2-3-4-5-6-9-16-32-21-14-12-19(13-15-21)22-17-23(28-27-22)25(31)29-26-18-20-10-7-8-11-24(20)30/h7-8,10-15,17-18,30H,2-6,9,16H2,1H3,(H,27,28)(H,29,31)/b26-18+. The van der Waals surface area contributed by atoms with Crippen LogP contribution in [-0.4, -0.2) is 34.0 Å². The molecule has 7 heteroatoms. The molecule has 32 heavy (non-hydrogen) atoms. The van der Waals surface area contributed by atoms with Gasteiger partial charge in [0.15, 0.2) is 0 Å². The van der Waals surface area contributed by atoms with Crippen molar-refractivity contribution in [1.29, 1.82) is 0 Å². The molecule has 1 aromatic heterocycles. The normalized spacial score (nSPS) is 11.0. The number of para-hydroxylation sites is 1. The summed E-state index contributed by atoms with van der Waals surface area (Å²) in [5, 5.41) is 20.5. The van der Waals surface area contributed by atoms with Crippen LogP contribution in [0, 0.1) is 0 Å². The van der Waals surface area contributed by atoms with Crippen molar-refractivity contribution < 1.29 is 14.6 Å². The van der Waals surface area contributed by atoms with E-state index in [9.17, 15) is 9.90 Å². The molecule has 0 fully saturated rings. The van der Waals surface area contributed by atoms with Crippen molar-refractivity contribution in [2.24, 2.45) is 5.10 Å². The molecule has 3 rings (SSSR count). The van der Waals surface area contributed by atoms with Crippen LogP contribution in [0.3, 0.4) is 0 Å². The van der Waals surface area contributed by atoms with Gasteiger partial charge in [-0.25, -0.2) is 5.43 Å². The van der Waals surface area contributed by atoms with Gasteiger partial charge in [0, 0.05) is 11.1 Å². The zero-order valence-electron chi connectivity index (χ0n) is 18.4. The van der Waals surface area contributed by atoms with Gasteiger partial charge in [-0.1, -0.05) is 51.2 Å². The highest BCUT2D eigenvalue weighted by molar-refractivity contribution is 5.94. The number of H-pyrrole nitrogens is 1. The molecule has 0 bridgehead atoms. The molecule has 168 valence electrons. The van der Waals surface area contributed by atoms with Gasteiger partial charge in [0.25, 0.3) is 5.91 Å². The van der Waals surface area contributed by atoms with Gasteiger partial charge in [0.1, 0.15) is 17.2 Å². The average molecular weight is 435 g/mol. The molecule has 3 aromatic rings. The first-order valence-corrected chi connectivity index (χ1v) is 11.1. The number of phenols is 1. The number of phenolic OH excluding ortho intramolecular Hbond substituents is 1. The number of nitrogens with zero attached hydrogens (tertiary/aromatic N) is 2. The topological polar surface area (TPSA) is 99.6 Å². The Morgan fingerprint density at radius 1 is 1.09 bits per heavy atom. The lowest BCUT2D eigenvalue weighted by atomic mass is 10.1. The second-order valence-corrected chi connectivity index (χ2v) is 7.57. The summed E-state index contributed by atoms with van der Waals surface area (Å²) in [4.78, 5) is 12.3. The molecular weight excluding hydrogens is 404 g/mol. The number of benzene rings is 2. The Labute approximate surface area is 188 Å². The van der Waals surface area contributed by atoms with Gasteiger partial charge in [-0.2, -0.15) is 10.2 Å². The molecule has 1 amide bonds. The predicted octanol–water partition coefficient (Wildman–Crippen LogP) is 5.29. The van der Waals surface area contributed by atoms with Crippen molar-refractivity contribution in [2.75, 3.05) is 6.61 Å². The van der Waals surface area contributed by atoms with E-state index in [2.05, 4.69) is 27.6 Å². The van der Waals surface area contributed by atoms with E-state index >= 15 is 0 Å². The molecule has 0 atom stereocenters. The van der Waals surface area contributed by atoms with Crippen LogP contribution in [0.1, 0.15) is 61.5 Å². The molecule has 0 unspecified atom stereocenters. The predicted molar refractivity (Wildman–Crippen MR) is 126 cm³/mol. The summed E-state index contributed by atoms with van der Waals surface area (Å²) in [6, 6.07) is 16.1. The largest absolute Gasteiger partial charge is 0.507 e. The lowest BCUT2D eigenvalue weighted by molar-refractivity contribution is 0.0950. The quantitative estimate of drug-likeness (QED) is 0.205. The number of carbonyl (C=O) groups excluding carboxylic acids is 1. The van der Waals surface area contributed by atoms with Crippen LogP contribution >= 0.6 is 0 Å². The van der Waals surface area contributed by atoms with Crippen LogP contribution in [0.15, 0.2) is 59.7 Å². The SMILES string of the molecule is CCCCCCCCOc1ccc(-c2cc(C(=O)N/N=C/c3ccccc3O)[nH]n2)cc1. The van der Waals surface area contributed by atoms with E-state index in [0.29, 0.717) is 11.3 Å². The van der Waals surface area contributed by atoms with Crippen molar-refractivity contribution in [3.8, 4) is 22.8 Å². The number of nitrogens with one attached hydrogen (secondary N) is 2. The lowest BCUT2D eigenvalue weighted by Crippen LogP contribution is -2.18. The molecule has 0 radical (unpaired) electrons. The Bertz CT molecular complexity index is 1010. The Morgan fingerprint density at radius 2 is 1.84 bits per heavy atom. The van der Waals surface area contributed by atoms with Crippen LogP contribution in [0.25, 0.3) is 11.3 Å². The molecule has 0 spiro atoms. The van der Waals surface area contributed by atoms with Crippen LogP contribution in [0.5, 0.6) is 11.5 Å². The molecule has 3 N–H and O–H groups in total. The summed E-state index contributed by atoms with van der Waals surface area (Å²) in [5.74, 6) is 0.498. The van der Waals surface area contributed by atoms with E-state index in [4.69, 9.17) is 4.74 Å². The number of aromatic amines is 1. The molecule has 0 aliphatic carbocycles. The van der Waals surface area contributed by atoms with Crippen molar-refractivity contribution in [2.45, 2.75) is 45.4 Å². The molecule has 0 aliphatic rings. The minimum absolute atomic E-state index is 0.0914. The Morgan fingerprint density at radius 3 is 2.62 bits per heavy atom. The van der Waals surface area contributed by atoms with E-state index in [1.807, 2.05) is 24.3 Å². The van der Waals surface area contributed by atoms with Gasteiger partial charge in [-0.05, 0) is 48.9 Å². The zero-order valence-corrected chi connectivity index (χ0v) is 18.4. The van der Waals surface area contributed by atoms with Gasteiger partial charge in [-0.15, -0.1) is 0 Å². The smallest absolute Gasteiger partial charge is 0.289 e. The third-order valence-electron chi connectivity index (χ3n) is 5.05. The number of unbranched alkanes of at least 4 members (excludes halogenated alkanes) is 5. The van der Waals surface area contributed by atoms with Crippen LogP contribution in [0.2, 0.25) is 0 Å². The fraction of sp³-hybridized carbons (Fsp3) is 0.320. The first-order valence-electron chi connectivity index (χ1n) is 11.1. The Kier molecular flexibility index (Phi) is 8.86. The fourth-order valence-electron chi connectivity index (χ4n) is 3.20. The number of amides is 1. The van der Waals surface area contributed by atoms with Crippen molar-refractivity contribution in [3.05, 3.63) is 65.9 Å². The van der Waals surface area contributed by atoms with Gasteiger partial charge in [-0.3, -0.25) is 9.89 Å². The number of aromatic hydroxyl groups is 1. The highest BCUT2D eigenvalue weighted by Crippen LogP contribution is 2.21. The maximum Gasteiger partial charge on any atom is 0.289 e. The van der Waals surface area contributed by atoms with Crippen LogP contribution in [-0.2, 0) is 0 Å². The van der Waals surface area contributed by atoms with Gasteiger partial charge < -0.3 is 9.84 Å². The maximum atomic E-state index is 12.3. The van der Waals surface area contributed by atoms with Gasteiger partial charge in [0.2, 0.25) is 0 Å². The molecule has 2 aromatic carbocycles. The monoisotopic (exact) mass is 434 g/mol. The highest BCUT2D eigenvalue weighted by atomic mass is 16.5. The van der Waals surface area contributed by atoms with Crippen molar-refractivity contribution in [3.63, 3.8) is 0 Å². The summed E-state index contributed by atoms with van der Waals surface area (Å²) in [5.41, 5.74) is 4.76. The summed E-state index contributed by atoms with van der Waals surface area (Å²) in [6.45, 7) is 2.94. The zero-order chi connectivity index (χ0) is 22.6. The van der Waals surface area contributed by atoms with Crippen LogP contribution in [0.4, 0.5) is 0 Å². The fourth-order valence-corrected chi connectivity index (χ4v) is 3.20. The van der Waals surface area contributed by atoms with E-state index in [-0.39, 0.29) is 11.4 Å². The number of aromatic nitrogens is 2. The molecule has 0 aliphatic heterocycles. The molecule has 7 nitrogen and oxygen atoms in total. The third-order valence-corrected chi connectivity index (χ3v) is 5.05. The van der Waals surface area contributed by atoms with E-state index in [0.717, 1.165) is 24.3 Å². The molecule has 0 saturated heterocycles. The molecule has 1 heterocycles. The number of carbonyl (C=O) groups is 1. The Balaban J connectivity index is 1.47. The number of rotatable bonds is 12. The van der Waals surface area contributed by atoms with E-state index in [1.54, 1.807) is 30.3 Å². The first kappa shape index (κ1) is 23.1. The molecular formula is C25H30N4O3. The summed E-state index contributed by atoms with van der Waals surface area (Å²) < 4.78 is 5.81. The summed E-state index contributed by atoms with van der Waals surface area (Å²) in [6.07, 6.45) is 8.79. The second-order valence-electron chi connectivity index (χ2n) is 7.57. The van der Waals surface area contributed by atoms with Crippen LogP contribution < -0.4 is 10.2 Å². The Hall–Kier alpha value is -3.61.